The van der Waals surface area contributed by atoms with E-state index in [1.54, 1.807) is 12.0 Å². The van der Waals surface area contributed by atoms with Gasteiger partial charge in [0.25, 0.3) is 5.91 Å². The first kappa shape index (κ1) is 18.3. The van der Waals surface area contributed by atoms with Crippen molar-refractivity contribution >= 4 is 11.6 Å². The maximum Gasteiger partial charge on any atom is 0.277 e. The number of nitrogens with zero attached hydrogens (tertiary/aromatic N) is 2. The van der Waals surface area contributed by atoms with Gasteiger partial charge in [-0.3, -0.25) is 4.79 Å². The van der Waals surface area contributed by atoms with Crippen molar-refractivity contribution in [1.29, 1.82) is 0 Å². The number of carbonyl (C=O) groups is 1. The molecule has 1 aromatic carbocycles. The van der Waals surface area contributed by atoms with Gasteiger partial charge in [-0.2, -0.15) is 0 Å². The Bertz CT molecular complexity index is 735. The van der Waals surface area contributed by atoms with Crippen LogP contribution < -0.4 is 14.5 Å². The Labute approximate surface area is 154 Å². The normalized spacial score (nSPS) is 15.1. The molecule has 0 bridgehead atoms. The number of furan rings is 1. The average Bonchev–Trinajstić information content (AvgIpc) is 3.07. The molecule has 0 unspecified atom stereocenters. The van der Waals surface area contributed by atoms with Crippen LogP contribution in [0.2, 0.25) is 0 Å². The minimum absolute atomic E-state index is 0.153. The number of quaternary nitrogens is 1. The summed E-state index contributed by atoms with van der Waals surface area (Å²) in [5, 5.41) is 0. The number of carbonyl (C=O) groups excluding carboxylic acids is 1. The van der Waals surface area contributed by atoms with Gasteiger partial charge in [-0.15, -0.1) is 0 Å². The van der Waals surface area contributed by atoms with Crippen molar-refractivity contribution in [1.82, 2.24) is 4.90 Å². The van der Waals surface area contributed by atoms with Crippen LogP contribution in [0.1, 0.15) is 11.5 Å². The van der Waals surface area contributed by atoms with Gasteiger partial charge in [0, 0.05) is 7.05 Å². The Kier molecular flexibility index (Phi) is 5.83. The molecule has 1 fully saturated rings. The molecule has 0 saturated carbocycles. The third-order valence-corrected chi connectivity index (χ3v) is 4.91. The van der Waals surface area contributed by atoms with Crippen LogP contribution in [0, 0.1) is 6.92 Å². The third-order valence-electron chi connectivity index (χ3n) is 4.91. The topological polar surface area (TPSA) is 50.4 Å². The molecule has 6 nitrogen and oxygen atoms in total. The molecular formula is C20H28N3O3+. The van der Waals surface area contributed by atoms with Gasteiger partial charge in [0.05, 0.1) is 45.5 Å². The zero-order valence-electron chi connectivity index (χ0n) is 15.8. The van der Waals surface area contributed by atoms with Crippen LogP contribution >= 0.6 is 0 Å². The molecule has 1 aliphatic rings. The van der Waals surface area contributed by atoms with E-state index in [-0.39, 0.29) is 5.91 Å². The maximum atomic E-state index is 12.5. The summed E-state index contributed by atoms with van der Waals surface area (Å²) in [5.74, 6) is 2.76. The Morgan fingerprint density at radius 3 is 2.62 bits per heavy atom. The summed E-state index contributed by atoms with van der Waals surface area (Å²) in [6.45, 7) is 6.68. The second-order valence-corrected chi connectivity index (χ2v) is 6.85. The summed E-state index contributed by atoms with van der Waals surface area (Å²) in [4.78, 5) is 17.9. The van der Waals surface area contributed by atoms with Gasteiger partial charge in [-0.25, -0.2) is 0 Å². The number of amides is 1. The summed E-state index contributed by atoms with van der Waals surface area (Å²) in [6, 6.07) is 12.0. The fourth-order valence-electron chi connectivity index (χ4n) is 3.37. The van der Waals surface area contributed by atoms with E-state index >= 15 is 0 Å². The summed E-state index contributed by atoms with van der Waals surface area (Å²) in [6.07, 6.45) is 0. The first-order chi connectivity index (χ1) is 12.6. The second-order valence-electron chi connectivity index (χ2n) is 6.85. The van der Waals surface area contributed by atoms with Crippen LogP contribution in [0.3, 0.4) is 0 Å². The molecule has 0 spiro atoms. The van der Waals surface area contributed by atoms with E-state index in [9.17, 15) is 4.79 Å². The molecular weight excluding hydrogens is 330 g/mol. The number of rotatable bonds is 6. The molecule has 26 heavy (non-hydrogen) atoms. The fraction of sp³-hybridized carbons (Fsp3) is 0.450. The van der Waals surface area contributed by atoms with Crippen molar-refractivity contribution in [2.24, 2.45) is 0 Å². The highest BCUT2D eigenvalue weighted by Gasteiger charge is 2.25. The lowest BCUT2D eigenvalue weighted by molar-refractivity contribution is -0.892. The number of anilines is 1. The van der Waals surface area contributed by atoms with Gasteiger partial charge in [0.15, 0.2) is 6.54 Å². The predicted molar refractivity (Wildman–Crippen MR) is 101 cm³/mol. The van der Waals surface area contributed by atoms with Crippen molar-refractivity contribution in [3.63, 3.8) is 0 Å². The molecule has 2 aromatic rings. The van der Waals surface area contributed by atoms with E-state index in [1.165, 1.54) is 4.90 Å². The lowest BCUT2D eigenvalue weighted by Gasteiger charge is -2.34. The highest BCUT2D eigenvalue weighted by atomic mass is 16.5. The van der Waals surface area contributed by atoms with Crippen LogP contribution in [0.15, 0.2) is 40.8 Å². The van der Waals surface area contributed by atoms with Crippen molar-refractivity contribution < 1.29 is 18.8 Å². The number of hydrogen-bond donors (Lipinski definition) is 1. The van der Waals surface area contributed by atoms with E-state index < -0.39 is 0 Å². The van der Waals surface area contributed by atoms with Gasteiger partial charge in [0.1, 0.15) is 17.3 Å². The monoisotopic (exact) mass is 358 g/mol. The minimum atomic E-state index is 0.153. The van der Waals surface area contributed by atoms with Crippen LogP contribution in [0.4, 0.5) is 5.69 Å². The van der Waals surface area contributed by atoms with E-state index in [0.29, 0.717) is 13.1 Å². The number of benzene rings is 1. The predicted octanol–water partition coefficient (Wildman–Crippen LogP) is 0.960. The van der Waals surface area contributed by atoms with Crippen molar-refractivity contribution in [2.75, 3.05) is 51.8 Å². The maximum absolute atomic E-state index is 12.5. The first-order valence-electron chi connectivity index (χ1n) is 9.07. The number of likely N-dealkylation sites (N-methyl/N-ethyl adjacent to an activating group) is 1. The van der Waals surface area contributed by atoms with E-state index in [4.69, 9.17) is 9.15 Å². The molecule has 1 saturated heterocycles. The number of methoxy groups -OCH3 is 1. The van der Waals surface area contributed by atoms with Crippen LogP contribution in [-0.2, 0) is 11.3 Å². The van der Waals surface area contributed by atoms with Gasteiger partial charge >= 0.3 is 0 Å². The van der Waals surface area contributed by atoms with Crippen molar-refractivity contribution in [2.45, 2.75) is 13.5 Å². The molecule has 140 valence electrons. The zero-order valence-corrected chi connectivity index (χ0v) is 15.8. The molecule has 1 amide bonds. The summed E-state index contributed by atoms with van der Waals surface area (Å²) < 4.78 is 11.0. The quantitative estimate of drug-likeness (QED) is 0.836. The molecule has 3 rings (SSSR count). The van der Waals surface area contributed by atoms with Gasteiger partial charge in [-0.1, -0.05) is 12.1 Å². The first-order valence-corrected chi connectivity index (χ1v) is 9.07. The summed E-state index contributed by atoms with van der Waals surface area (Å²) in [7, 11) is 3.54. The number of piperazine rings is 1. The Morgan fingerprint density at radius 1 is 1.23 bits per heavy atom. The Hall–Kier alpha value is -2.47. The largest absolute Gasteiger partial charge is 0.495 e. The summed E-state index contributed by atoms with van der Waals surface area (Å²) in [5.41, 5.74) is 1.13. The standard InChI is InChI=1S/C20H27N3O3/c1-16-8-9-17(26-16)14-21(2)20(24)15-22-10-12-23(13-11-22)18-6-4-5-7-19(18)25-3/h4-9H,10-15H2,1-3H3/p+1. The molecule has 2 heterocycles. The number of hydrogen-bond acceptors (Lipinski definition) is 4. The minimum Gasteiger partial charge on any atom is -0.495 e. The number of aryl methyl sites for hydroxylation is 1. The smallest absolute Gasteiger partial charge is 0.277 e. The van der Waals surface area contributed by atoms with Crippen LogP contribution in [0.5, 0.6) is 5.75 Å². The summed E-state index contributed by atoms with van der Waals surface area (Å²) >= 11 is 0. The zero-order chi connectivity index (χ0) is 18.5. The van der Waals surface area contributed by atoms with Gasteiger partial charge < -0.3 is 23.9 Å². The lowest BCUT2D eigenvalue weighted by atomic mass is 10.2. The average molecular weight is 358 g/mol. The van der Waals surface area contributed by atoms with E-state index in [1.807, 2.05) is 44.3 Å². The number of ether oxygens (including phenoxy) is 1. The SMILES string of the molecule is COc1ccccc1N1CC[NH+](CC(=O)N(C)Cc2ccc(C)o2)CC1. The van der Waals surface area contributed by atoms with Gasteiger partial charge in [-0.05, 0) is 31.2 Å². The van der Waals surface area contributed by atoms with Crippen LogP contribution in [-0.4, -0.2) is 57.7 Å². The third kappa shape index (κ3) is 4.38. The molecule has 6 heteroatoms. The fourth-order valence-corrected chi connectivity index (χ4v) is 3.37. The number of para-hydroxylation sites is 2. The molecule has 0 atom stereocenters. The Balaban J connectivity index is 1.49. The Morgan fingerprint density at radius 2 is 1.96 bits per heavy atom. The molecule has 0 radical (unpaired) electrons. The van der Waals surface area contributed by atoms with E-state index in [2.05, 4.69) is 11.0 Å². The lowest BCUT2D eigenvalue weighted by Crippen LogP contribution is -3.15. The number of nitrogens with one attached hydrogen (secondary N) is 1. The van der Waals surface area contributed by atoms with Crippen LogP contribution in [0.25, 0.3) is 0 Å². The van der Waals surface area contributed by atoms with Gasteiger partial charge in [0.2, 0.25) is 0 Å². The van der Waals surface area contributed by atoms with Crippen molar-refractivity contribution in [3.05, 3.63) is 47.9 Å². The van der Waals surface area contributed by atoms with Crippen molar-refractivity contribution in [3.8, 4) is 5.75 Å². The molecule has 0 aliphatic carbocycles. The van der Waals surface area contributed by atoms with E-state index in [0.717, 1.165) is 49.1 Å². The molecule has 1 aromatic heterocycles. The second kappa shape index (κ2) is 8.27. The highest BCUT2D eigenvalue weighted by Crippen LogP contribution is 2.27. The molecule has 1 aliphatic heterocycles. The molecule has 1 N–H and O–H groups in total. The highest BCUT2D eigenvalue weighted by molar-refractivity contribution is 5.76.